The number of hydrogen-bond donors (Lipinski definition) is 13. The first-order chi connectivity index (χ1) is 35.5. The normalized spacial score (nSPS) is 52.9. The van der Waals surface area contributed by atoms with E-state index in [0.717, 1.165) is 32.1 Å². The monoisotopic (exact) mass is 1090 g/mol. The zero-order valence-corrected chi connectivity index (χ0v) is 44.4. The summed E-state index contributed by atoms with van der Waals surface area (Å²) in [6, 6.07) is 0. The van der Waals surface area contributed by atoms with E-state index in [9.17, 15) is 76.0 Å². The van der Waals surface area contributed by atoms with Crippen LogP contribution in [0.4, 0.5) is 0 Å². The van der Waals surface area contributed by atoms with E-state index in [1.54, 1.807) is 0 Å². The van der Waals surface area contributed by atoms with Crippen molar-refractivity contribution in [2.45, 2.75) is 235 Å². The van der Waals surface area contributed by atoms with Crippen molar-refractivity contribution in [1.29, 1.82) is 0 Å². The molecule has 4 saturated carbocycles. The summed E-state index contributed by atoms with van der Waals surface area (Å²) in [7, 11) is 0. The highest BCUT2D eigenvalue weighted by Crippen LogP contribution is 2.76. The first-order valence-corrected chi connectivity index (χ1v) is 27.2. The lowest BCUT2D eigenvalue weighted by Crippen LogP contribution is -2.67. The fraction of sp³-hybridized carbons (Fsp3) is 0.925. The van der Waals surface area contributed by atoms with Gasteiger partial charge >= 0.3 is 11.9 Å². The molecule has 9 aliphatic rings. The maximum absolute atomic E-state index is 14.7. The maximum Gasteiger partial charge on any atom is 0.335 e. The van der Waals surface area contributed by atoms with Crippen LogP contribution in [0.2, 0.25) is 0 Å². The predicted molar refractivity (Wildman–Crippen MR) is 257 cm³/mol. The predicted octanol–water partition coefficient (Wildman–Crippen LogP) is -1.30. The van der Waals surface area contributed by atoms with Gasteiger partial charge in [0.25, 0.3) is 0 Å². The Labute approximate surface area is 442 Å². The van der Waals surface area contributed by atoms with E-state index in [4.69, 9.17) is 37.9 Å². The molecule has 23 nitrogen and oxygen atoms in total. The summed E-state index contributed by atoms with van der Waals surface area (Å²) >= 11 is 0. The summed E-state index contributed by atoms with van der Waals surface area (Å²) in [5.41, 5.74) is -1.23. The van der Waals surface area contributed by atoms with E-state index in [-0.39, 0.29) is 39.4 Å². The van der Waals surface area contributed by atoms with Gasteiger partial charge in [0.1, 0.15) is 85.5 Å². The number of aliphatic carboxylic acids is 1. The zero-order chi connectivity index (χ0) is 55.6. The molecule has 0 amide bonds. The lowest BCUT2D eigenvalue weighted by molar-refractivity contribution is -0.379. The van der Waals surface area contributed by atoms with Crippen LogP contribution >= 0.6 is 0 Å². The second kappa shape index (κ2) is 21.0. The maximum atomic E-state index is 14.7. The molecule has 5 aliphatic carbocycles. The Kier molecular flexibility index (Phi) is 16.2. The van der Waals surface area contributed by atoms with Gasteiger partial charge in [-0.25, -0.2) is 4.79 Å². The standard InChI is InChI=1S/C53H84O23/c1-48(2)14-16-53(47(68)76-44-35(62)33(60)31(58)25(19-54)70-44)17-15-51(6)22(23(53)18-48)8-9-28-50(5)12-11-29(49(3,4)27(50)10-13-52(28,51)7)72-46-38(65)40(36(63)41(75-46)42(66)67)74-45-37(64)39(32(59)26(20-55)71-45)73-43-34(61)30(57)24(56)21-69-43/h8,23-41,43-46,54-65H,9-21H2,1-7H3,(H,66,67). The van der Waals surface area contributed by atoms with Gasteiger partial charge in [-0.1, -0.05) is 60.1 Å². The molecule has 0 aromatic rings. The van der Waals surface area contributed by atoms with Crippen molar-refractivity contribution < 1.29 is 114 Å². The van der Waals surface area contributed by atoms with Crippen LogP contribution in [0.15, 0.2) is 11.6 Å². The van der Waals surface area contributed by atoms with Crippen molar-refractivity contribution in [3.05, 3.63) is 11.6 Å². The summed E-state index contributed by atoms with van der Waals surface area (Å²) in [6.07, 6.45) is -24.4. The summed E-state index contributed by atoms with van der Waals surface area (Å²) < 4.78 is 46.7. The van der Waals surface area contributed by atoms with Crippen LogP contribution in [-0.2, 0) is 47.5 Å². The summed E-state index contributed by atoms with van der Waals surface area (Å²) in [5.74, 6) is -2.10. The van der Waals surface area contributed by atoms with E-state index in [2.05, 4.69) is 54.5 Å². The van der Waals surface area contributed by atoms with Gasteiger partial charge in [-0.05, 0) is 109 Å². The second-order valence-corrected chi connectivity index (χ2v) is 25.9. The smallest absolute Gasteiger partial charge is 0.335 e. The topological polar surface area (TPSA) is 371 Å². The Morgan fingerprint density at radius 2 is 1.20 bits per heavy atom. The molecule has 4 aliphatic heterocycles. The third kappa shape index (κ3) is 9.42. The molecule has 4 saturated heterocycles. The van der Waals surface area contributed by atoms with Gasteiger partial charge in [0.2, 0.25) is 6.29 Å². The zero-order valence-electron chi connectivity index (χ0n) is 44.4. The van der Waals surface area contributed by atoms with E-state index >= 15 is 0 Å². The third-order valence-electron chi connectivity index (χ3n) is 21.0. The number of aliphatic hydroxyl groups is 12. The summed E-state index contributed by atoms with van der Waals surface area (Å²) in [4.78, 5) is 27.4. The molecule has 9 rings (SSSR count). The van der Waals surface area contributed by atoms with Crippen LogP contribution in [0.5, 0.6) is 0 Å². The van der Waals surface area contributed by atoms with Gasteiger partial charge in [0.15, 0.2) is 25.0 Å². The number of rotatable bonds is 11. The molecule has 0 aromatic carbocycles. The van der Waals surface area contributed by atoms with Crippen LogP contribution in [0.25, 0.3) is 0 Å². The largest absolute Gasteiger partial charge is 0.479 e. The molecule has 27 unspecified atom stereocenters. The highest BCUT2D eigenvalue weighted by atomic mass is 16.8. The van der Waals surface area contributed by atoms with Gasteiger partial charge in [-0.3, -0.25) is 4.79 Å². The first kappa shape index (κ1) is 58.6. The van der Waals surface area contributed by atoms with E-state index < -0.39 is 165 Å². The van der Waals surface area contributed by atoms with Crippen LogP contribution in [0.1, 0.15) is 113 Å². The molecule has 23 heteroatoms. The van der Waals surface area contributed by atoms with Crippen molar-refractivity contribution >= 4 is 11.9 Å². The number of ether oxygens (including phenoxy) is 8. The van der Waals surface area contributed by atoms with Gasteiger partial charge in [0, 0.05) is 0 Å². The molecule has 76 heavy (non-hydrogen) atoms. The number of carbonyl (C=O) groups excluding carboxylic acids is 1. The van der Waals surface area contributed by atoms with Crippen LogP contribution in [0, 0.1) is 50.2 Å². The Morgan fingerprint density at radius 1 is 0.605 bits per heavy atom. The average molecular weight is 1090 g/mol. The number of carboxylic acid groups (broad SMARTS) is 1. The van der Waals surface area contributed by atoms with E-state index in [0.29, 0.717) is 32.1 Å². The van der Waals surface area contributed by atoms with Crippen LogP contribution in [0.3, 0.4) is 0 Å². The van der Waals surface area contributed by atoms with Gasteiger partial charge in [0.05, 0.1) is 31.3 Å². The summed E-state index contributed by atoms with van der Waals surface area (Å²) in [5, 5.41) is 139. The minimum Gasteiger partial charge on any atom is -0.479 e. The Morgan fingerprint density at radius 3 is 1.86 bits per heavy atom. The molecule has 4 heterocycles. The SMILES string of the molecule is CC1(C)CCC2(C(=O)OC3OC(CO)C(O)C(O)C3O)CCC3(C)C(=CCC4C5(C)CCC(OC6OC(C(=O)O)C(O)C(OC7OC(CO)C(O)C(OC8OCC(O)C(O)C8O)C7O)C6O)C(C)(C)C5CCC43C)C2C1. The number of carbonyl (C=O) groups is 2. The Hall–Kier alpha value is -2.08. The number of carboxylic acids is 1. The van der Waals surface area contributed by atoms with Crippen molar-refractivity contribution in [1.82, 2.24) is 0 Å². The molecule has 0 spiro atoms. The van der Waals surface area contributed by atoms with Crippen LogP contribution < -0.4 is 0 Å². The third-order valence-corrected chi connectivity index (χ3v) is 21.0. The molecule has 0 radical (unpaired) electrons. The van der Waals surface area contributed by atoms with Gasteiger partial charge in [-0.15, -0.1) is 0 Å². The molecule has 8 fully saturated rings. The second-order valence-electron chi connectivity index (χ2n) is 25.9. The van der Waals surface area contributed by atoms with E-state index in [1.165, 1.54) is 5.57 Å². The highest BCUT2D eigenvalue weighted by Gasteiger charge is 2.70. The van der Waals surface area contributed by atoms with Gasteiger partial charge < -0.3 is 104 Å². The minimum atomic E-state index is -2.07. The number of fused-ring (bicyclic) bond motifs is 7. The molecular weight excluding hydrogens is 1000 g/mol. The number of allylic oxidation sites excluding steroid dienone is 2. The number of esters is 1. The molecule has 27 atom stereocenters. The Bertz CT molecular complexity index is 2140. The first-order valence-electron chi connectivity index (χ1n) is 27.2. The number of hydrogen-bond acceptors (Lipinski definition) is 22. The van der Waals surface area contributed by atoms with Gasteiger partial charge in [-0.2, -0.15) is 0 Å². The molecule has 434 valence electrons. The van der Waals surface area contributed by atoms with Crippen molar-refractivity contribution in [2.24, 2.45) is 50.2 Å². The lowest BCUT2D eigenvalue weighted by Gasteiger charge is -2.71. The molecular formula is C53H84O23. The minimum absolute atomic E-state index is 0.0504. The molecule has 0 aromatic heterocycles. The molecule has 0 bridgehead atoms. The highest BCUT2D eigenvalue weighted by molar-refractivity contribution is 5.79. The fourth-order valence-electron chi connectivity index (χ4n) is 16.2. The molecule has 13 N–H and O–H groups in total. The lowest BCUT2D eigenvalue weighted by atomic mass is 9.33. The van der Waals surface area contributed by atoms with E-state index in [1.807, 2.05) is 0 Å². The number of aliphatic hydroxyl groups excluding tert-OH is 12. The average Bonchev–Trinajstić information content (AvgIpc) is 3.50. The Balaban J connectivity index is 0.929. The quantitative estimate of drug-likeness (QED) is 0.0649. The van der Waals surface area contributed by atoms with Crippen molar-refractivity contribution in [3.8, 4) is 0 Å². The fourth-order valence-corrected chi connectivity index (χ4v) is 16.2. The van der Waals surface area contributed by atoms with Crippen molar-refractivity contribution in [2.75, 3.05) is 19.8 Å². The van der Waals surface area contributed by atoms with Crippen molar-refractivity contribution in [3.63, 3.8) is 0 Å². The summed E-state index contributed by atoms with van der Waals surface area (Å²) in [6.45, 7) is 13.7. The van der Waals surface area contributed by atoms with Crippen LogP contribution in [-0.4, -0.2) is 221 Å².